The number of hydrogen-bond donors (Lipinski definition) is 0. The summed E-state index contributed by atoms with van der Waals surface area (Å²) in [6.07, 6.45) is 5.95. The molecule has 1 unspecified atom stereocenters. The zero-order valence-corrected chi connectivity index (χ0v) is 35.7. The van der Waals surface area contributed by atoms with Crippen LogP contribution in [0.2, 0.25) is 13.1 Å². The van der Waals surface area contributed by atoms with E-state index in [1.165, 1.54) is 60.5 Å². The van der Waals surface area contributed by atoms with Gasteiger partial charge in [-0.05, 0) is 0 Å². The van der Waals surface area contributed by atoms with E-state index in [9.17, 15) is 0 Å². The van der Waals surface area contributed by atoms with Crippen LogP contribution < -0.4 is 3.27 Å². The van der Waals surface area contributed by atoms with Crippen molar-refractivity contribution in [1.29, 1.82) is 0 Å². The molecule has 0 aliphatic heterocycles. The van der Waals surface area contributed by atoms with Gasteiger partial charge in [-0.15, -0.1) is 0 Å². The Balaban J connectivity index is 1.43. The molecule has 6 aromatic carbocycles. The maximum absolute atomic E-state index is 2.72. The summed E-state index contributed by atoms with van der Waals surface area (Å²) in [6.45, 7) is 22.1. The van der Waals surface area contributed by atoms with E-state index in [1.807, 2.05) is 0 Å². The second kappa shape index (κ2) is 13.0. The van der Waals surface area contributed by atoms with Crippen molar-refractivity contribution < 1.29 is 22.4 Å². The molecule has 8 rings (SSSR count). The molecular formula is C49H52SiZr. The molecule has 256 valence electrons. The summed E-state index contributed by atoms with van der Waals surface area (Å²) in [5.41, 5.74) is 18.5. The van der Waals surface area contributed by atoms with Crippen molar-refractivity contribution in [2.45, 2.75) is 97.6 Å². The van der Waals surface area contributed by atoms with Crippen LogP contribution >= 0.6 is 0 Å². The molecule has 0 saturated heterocycles. The topological polar surface area (TPSA) is 0 Å². The molecule has 0 aromatic heterocycles. The van der Waals surface area contributed by atoms with E-state index in [1.54, 1.807) is 31.1 Å². The van der Waals surface area contributed by atoms with Gasteiger partial charge in [0, 0.05) is 0 Å². The van der Waals surface area contributed by atoms with E-state index in [0.29, 0.717) is 0 Å². The quantitative estimate of drug-likeness (QED) is 0.117. The summed E-state index contributed by atoms with van der Waals surface area (Å²) < 4.78 is 1.77. The van der Waals surface area contributed by atoms with E-state index in [4.69, 9.17) is 0 Å². The number of fused-ring (bicyclic) bond motifs is 6. The Morgan fingerprint density at radius 2 is 1.39 bits per heavy atom. The first-order valence-electron chi connectivity index (χ1n) is 19.2. The molecule has 0 fully saturated rings. The molecule has 1 atom stereocenters. The summed E-state index contributed by atoms with van der Waals surface area (Å²) >= 11 is -0.722. The molecule has 0 amide bonds. The summed E-state index contributed by atoms with van der Waals surface area (Å²) in [6, 6.07) is 37.8. The van der Waals surface area contributed by atoms with Crippen molar-refractivity contribution >= 4 is 36.8 Å². The standard InChI is InChI=1S/C47H45.C2H7Si.Zr/c1-8-14-31-27-40-38(19-13-20-39(40)44-35-17-11-9-15-29(35)25-30-16-10-12-18-36(30)44)43(31)45-41-28-32-26-33(46(2,3)4)21-22-34(32)37(41)23-24-42(45)47(5,6)7;1-3-2;/h9-13,15-23,25-27,43H,8,14,28H2,1-7H3;3H,1-2H3;. The van der Waals surface area contributed by atoms with Crippen LogP contribution in [0.5, 0.6) is 0 Å². The number of hydrogen-bond acceptors (Lipinski definition) is 0. The fraction of sp³-hybridized carbons (Fsp3) is 0.306. The fourth-order valence-electron chi connectivity index (χ4n) is 9.22. The first-order valence-corrected chi connectivity index (χ1v) is 27.6. The monoisotopic (exact) mass is 758 g/mol. The van der Waals surface area contributed by atoms with Gasteiger partial charge in [-0.3, -0.25) is 0 Å². The first-order chi connectivity index (χ1) is 24.3. The Morgan fingerprint density at radius 1 is 0.706 bits per heavy atom. The van der Waals surface area contributed by atoms with Crippen LogP contribution in [0.4, 0.5) is 0 Å². The Hall–Kier alpha value is -3.32. The van der Waals surface area contributed by atoms with Gasteiger partial charge in [0.25, 0.3) is 0 Å². The van der Waals surface area contributed by atoms with Gasteiger partial charge >= 0.3 is 321 Å². The van der Waals surface area contributed by atoms with Gasteiger partial charge in [0.1, 0.15) is 0 Å². The van der Waals surface area contributed by atoms with Gasteiger partial charge in [-0.1, -0.05) is 0 Å². The third kappa shape index (κ3) is 5.99. The molecule has 0 saturated carbocycles. The van der Waals surface area contributed by atoms with Crippen LogP contribution in [0, 0.1) is 0 Å². The maximum atomic E-state index is 2.72. The molecule has 0 N–H and O–H groups in total. The second-order valence-corrected chi connectivity index (χ2v) is 32.1. The average molecular weight is 760 g/mol. The van der Waals surface area contributed by atoms with Gasteiger partial charge in [0.2, 0.25) is 0 Å². The molecule has 0 radical (unpaired) electrons. The third-order valence-corrected chi connectivity index (χ3v) is 19.7. The van der Waals surface area contributed by atoms with E-state index in [-0.39, 0.29) is 16.7 Å². The molecule has 6 aromatic rings. The fourth-order valence-corrected chi connectivity index (χ4v) is 17.9. The molecule has 2 aliphatic rings. The molecule has 0 bridgehead atoms. The molecule has 2 heteroatoms. The van der Waals surface area contributed by atoms with E-state index < -0.39 is 28.3 Å². The van der Waals surface area contributed by atoms with Crippen molar-refractivity contribution in [2.75, 3.05) is 0 Å². The number of allylic oxidation sites excluding steroid dienone is 1. The van der Waals surface area contributed by atoms with E-state index >= 15 is 0 Å². The van der Waals surface area contributed by atoms with Gasteiger partial charge < -0.3 is 0 Å². The van der Waals surface area contributed by atoms with Crippen molar-refractivity contribution in [1.82, 2.24) is 0 Å². The van der Waals surface area contributed by atoms with Crippen LogP contribution in [0.3, 0.4) is 0 Å². The van der Waals surface area contributed by atoms with Gasteiger partial charge in [0.05, 0.1) is 0 Å². The van der Waals surface area contributed by atoms with Crippen LogP contribution in [0.15, 0.2) is 103 Å². The minimum atomic E-state index is -0.734. The number of benzene rings is 6. The molecule has 2 aliphatic carbocycles. The Labute approximate surface area is 318 Å². The summed E-state index contributed by atoms with van der Waals surface area (Å²) in [4.78, 5) is 0. The van der Waals surface area contributed by atoms with Crippen LogP contribution in [0.1, 0.15) is 106 Å². The van der Waals surface area contributed by atoms with Crippen LogP contribution in [0.25, 0.3) is 49.9 Å². The zero-order valence-electron chi connectivity index (χ0n) is 32.1. The summed E-state index contributed by atoms with van der Waals surface area (Å²) in [7, 11) is 0. The summed E-state index contributed by atoms with van der Waals surface area (Å²) in [5.74, 6) is -0.448. The number of rotatable bonds is 6. The third-order valence-electron chi connectivity index (χ3n) is 11.3. The predicted molar refractivity (Wildman–Crippen MR) is 222 cm³/mol. The SMILES string of the molecule is CCCC1=Cc2c(-c3c4ccccc4cc4ccccc34)cccc2C1c1c2c(c[c]([Zr][SiH](C)C)c1C(C)(C)C)-c1ccc(C(C)(C)C)cc1C2. The Morgan fingerprint density at radius 3 is 2.02 bits per heavy atom. The average Bonchev–Trinajstić information content (AvgIpc) is 3.63. The van der Waals surface area contributed by atoms with Crippen LogP contribution in [-0.4, -0.2) is 5.92 Å². The molecule has 0 spiro atoms. The summed E-state index contributed by atoms with van der Waals surface area (Å²) in [5, 5.41) is 5.31. The zero-order chi connectivity index (χ0) is 35.8. The molecule has 0 heterocycles. The van der Waals surface area contributed by atoms with Gasteiger partial charge in [0.15, 0.2) is 0 Å². The van der Waals surface area contributed by atoms with Gasteiger partial charge in [-0.25, -0.2) is 0 Å². The van der Waals surface area contributed by atoms with E-state index in [2.05, 4.69) is 165 Å². The van der Waals surface area contributed by atoms with Crippen molar-refractivity contribution in [3.05, 3.63) is 142 Å². The molecular weight excluding hydrogens is 708 g/mol. The molecule has 51 heavy (non-hydrogen) atoms. The van der Waals surface area contributed by atoms with Gasteiger partial charge in [-0.2, -0.15) is 0 Å². The van der Waals surface area contributed by atoms with E-state index in [0.717, 1.165) is 19.3 Å². The normalized spacial score (nSPS) is 15.3. The second-order valence-electron chi connectivity index (χ2n) is 17.5. The van der Waals surface area contributed by atoms with Crippen molar-refractivity contribution in [3.63, 3.8) is 0 Å². The minimum absolute atomic E-state index is 0.0681. The van der Waals surface area contributed by atoms with Crippen LogP contribution in [-0.2, 0) is 39.6 Å². The Kier molecular flexibility index (Phi) is 8.83. The Bertz CT molecular complexity index is 2320. The van der Waals surface area contributed by atoms with Crippen molar-refractivity contribution in [3.8, 4) is 22.3 Å². The first kappa shape index (κ1) is 34.7. The van der Waals surface area contributed by atoms with Crippen molar-refractivity contribution in [2.24, 2.45) is 0 Å². The predicted octanol–water partition coefficient (Wildman–Crippen LogP) is 12.8. The molecule has 0 nitrogen and oxygen atoms in total.